The quantitative estimate of drug-likeness (QED) is 0.613. The minimum absolute atomic E-state index is 0.00155. The number of nitrogens with zero attached hydrogens (tertiary/aromatic N) is 1. The maximum Gasteiger partial charge on any atom is 0.265 e. The van der Waals surface area contributed by atoms with Gasteiger partial charge in [-0.1, -0.05) is 47.5 Å². The van der Waals surface area contributed by atoms with Crippen molar-refractivity contribution >= 4 is 50.5 Å². The average Bonchev–Trinajstić information content (AvgIpc) is 2.68. The van der Waals surface area contributed by atoms with Gasteiger partial charge in [0.1, 0.15) is 12.4 Å². The summed E-state index contributed by atoms with van der Waals surface area (Å²) in [7, 11) is -4.03. The van der Waals surface area contributed by atoms with Crippen molar-refractivity contribution < 1.29 is 17.6 Å². The summed E-state index contributed by atoms with van der Waals surface area (Å²) in [6.07, 6.45) is 0. The summed E-state index contributed by atoms with van der Waals surface area (Å²) >= 11 is 12.1. The molecule has 5 nitrogen and oxygen atoms in total. The highest BCUT2D eigenvalue weighted by Crippen LogP contribution is 2.43. The molecule has 0 bridgehead atoms. The lowest BCUT2D eigenvalue weighted by Crippen LogP contribution is -2.40. The Bertz CT molecular complexity index is 1230. The van der Waals surface area contributed by atoms with Gasteiger partial charge in [-0.25, -0.2) is 12.8 Å². The first kappa shape index (κ1) is 19.7. The predicted octanol–water partition coefficient (Wildman–Crippen LogP) is 4.95. The van der Waals surface area contributed by atoms with Crippen molar-refractivity contribution in [3.63, 3.8) is 0 Å². The molecule has 3 aromatic rings. The fraction of sp³-hybridized carbons (Fsp3) is 0.0500. The van der Waals surface area contributed by atoms with Gasteiger partial charge < -0.3 is 5.32 Å². The van der Waals surface area contributed by atoms with E-state index in [0.717, 1.165) is 10.4 Å². The summed E-state index contributed by atoms with van der Waals surface area (Å²) in [6.45, 7) is -0.531. The SMILES string of the molecule is O=C(CN1c2ccc(F)cc2-c2ccccc2S1(=O)=O)Nc1c(Cl)cccc1Cl. The molecular weight excluding hydrogens is 438 g/mol. The molecule has 1 N–H and O–H groups in total. The standard InChI is InChI=1S/C20H13Cl2FN2O3S/c21-15-5-3-6-16(22)20(15)24-19(26)11-25-17-9-8-12(23)10-14(17)13-4-1-2-7-18(13)29(25,27)28/h1-10H,11H2,(H,24,26). The van der Waals surface area contributed by atoms with E-state index in [-0.39, 0.29) is 26.3 Å². The van der Waals surface area contributed by atoms with E-state index in [9.17, 15) is 17.6 Å². The summed E-state index contributed by atoms with van der Waals surface area (Å²) in [5.74, 6) is -1.15. The van der Waals surface area contributed by atoms with Gasteiger partial charge in [-0.2, -0.15) is 0 Å². The number of nitrogens with one attached hydrogen (secondary N) is 1. The molecular formula is C20H13Cl2FN2O3S. The predicted molar refractivity (Wildman–Crippen MR) is 111 cm³/mol. The van der Waals surface area contributed by atoms with Crippen LogP contribution in [0.1, 0.15) is 0 Å². The van der Waals surface area contributed by atoms with Crippen molar-refractivity contribution in [1.82, 2.24) is 0 Å². The molecule has 0 saturated carbocycles. The molecule has 0 unspecified atom stereocenters. The molecule has 0 radical (unpaired) electrons. The second-order valence-corrected chi connectivity index (χ2v) is 8.96. The Morgan fingerprint density at radius 1 is 0.966 bits per heavy atom. The summed E-state index contributed by atoms with van der Waals surface area (Å²) in [4.78, 5) is 12.7. The van der Waals surface area contributed by atoms with Crippen molar-refractivity contribution in [3.05, 3.63) is 76.5 Å². The number of carbonyl (C=O) groups excluding carboxylic acids is 1. The van der Waals surface area contributed by atoms with E-state index in [4.69, 9.17) is 23.2 Å². The zero-order chi connectivity index (χ0) is 20.8. The lowest BCUT2D eigenvalue weighted by atomic mass is 10.0. The molecule has 1 heterocycles. The maximum atomic E-state index is 13.9. The van der Waals surface area contributed by atoms with Crippen LogP contribution in [-0.4, -0.2) is 20.9 Å². The third kappa shape index (κ3) is 3.46. The Labute approximate surface area is 176 Å². The third-order valence-corrected chi connectivity index (χ3v) is 6.93. The molecule has 1 amide bonds. The highest BCUT2D eigenvalue weighted by Gasteiger charge is 2.36. The number of rotatable bonds is 3. The third-order valence-electron chi connectivity index (χ3n) is 4.49. The van der Waals surface area contributed by atoms with Crippen LogP contribution < -0.4 is 9.62 Å². The monoisotopic (exact) mass is 450 g/mol. The number of halogens is 3. The number of sulfonamides is 1. The summed E-state index contributed by atoms with van der Waals surface area (Å²) in [5, 5.41) is 2.99. The minimum Gasteiger partial charge on any atom is -0.322 e. The van der Waals surface area contributed by atoms with Crippen LogP contribution in [0.5, 0.6) is 0 Å². The van der Waals surface area contributed by atoms with E-state index in [2.05, 4.69) is 5.32 Å². The Morgan fingerprint density at radius 2 is 1.66 bits per heavy atom. The minimum atomic E-state index is -4.03. The normalized spacial score (nSPS) is 14.1. The number of fused-ring (bicyclic) bond motifs is 3. The van der Waals surface area contributed by atoms with Crippen LogP contribution >= 0.6 is 23.2 Å². The molecule has 3 aromatic carbocycles. The van der Waals surface area contributed by atoms with Crippen LogP contribution in [0, 0.1) is 5.82 Å². The van der Waals surface area contributed by atoms with E-state index >= 15 is 0 Å². The van der Waals surface area contributed by atoms with Crippen LogP contribution in [-0.2, 0) is 14.8 Å². The topological polar surface area (TPSA) is 66.5 Å². The highest BCUT2D eigenvalue weighted by molar-refractivity contribution is 7.93. The largest absolute Gasteiger partial charge is 0.322 e. The van der Waals surface area contributed by atoms with Crippen molar-refractivity contribution in [1.29, 1.82) is 0 Å². The summed E-state index contributed by atoms with van der Waals surface area (Å²) in [5.41, 5.74) is 1.17. The first-order valence-electron chi connectivity index (χ1n) is 8.44. The number of hydrogen-bond donors (Lipinski definition) is 1. The second kappa shape index (κ2) is 7.33. The second-order valence-electron chi connectivity index (χ2n) is 6.31. The van der Waals surface area contributed by atoms with Gasteiger partial charge in [0, 0.05) is 11.1 Å². The van der Waals surface area contributed by atoms with E-state index < -0.39 is 28.3 Å². The van der Waals surface area contributed by atoms with Crippen molar-refractivity contribution in [2.24, 2.45) is 0 Å². The number of para-hydroxylation sites is 1. The number of anilines is 2. The van der Waals surface area contributed by atoms with Crippen LogP contribution in [0.15, 0.2) is 65.6 Å². The summed E-state index contributed by atoms with van der Waals surface area (Å²) in [6, 6.07) is 14.7. The number of benzene rings is 3. The number of amides is 1. The lowest BCUT2D eigenvalue weighted by molar-refractivity contribution is -0.114. The van der Waals surface area contributed by atoms with E-state index in [1.807, 2.05) is 0 Å². The van der Waals surface area contributed by atoms with Gasteiger partial charge in [0.15, 0.2) is 0 Å². The molecule has 0 aromatic heterocycles. The van der Waals surface area contributed by atoms with Crippen LogP contribution in [0.2, 0.25) is 10.0 Å². The molecule has 0 saturated heterocycles. The van der Waals surface area contributed by atoms with Gasteiger partial charge in [0.2, 0.25) is 5.91 Å². The zero-order valence-corrected chi connectivity index (χ0v) is 17.0. The first-order chi connectivity index (χ1) is 13.8. The van der Waals surface area contributed by atoms with Crippen molar-refractivity contribution in [2.45, 2.75) is 4.90 Å². The van der Waals surface area contributed by atoms with Gasteiger partial charge in [0.05, 0.1) is 26.3 Å². The molecule has 29 heavy (non-hydrogen) atoms. The average molecular weight is 451 g/mol. The lowest BCUT2D eigenvalue weighted by Gasteiger charge is -2.31. The van der Waals surface area contributed by atoms with Gasteiger partial charge in [-0.3, -0.25) is 9.10 Å². The number of carbonyl (C=O) groups is 1. The van der Waals surface area contributed by atoms with Gasteiger partial charge in [0.25, 0.3) is 10.0 Å². The van der Waals surface area contributed by atoms with Crippen LogP contribution in [0.3, 0.4) is 0 Å². The fourth-order valence-corrected chi connectivity index (χ4v) is 5.34. The van der Waals surface area contributed by atoms with Crippen LogP contribution in [0.25, 0.3) is 11.1 Å². The van der Waals surface area contributed by atoms with Crippen molar-refractivity contribution in [3.8, 4) is 11.1 Å². The van der Waals surface area contributed by atoms with E-state index in [1.54, 1.807) is 36.4 Å². The Hall–Kier alpha value is -2.61. The molecule has 0 spiro atoms. The van der Waals surface area contributed by atoms with Gasteiger partial charge in [-0.15, -0.1) is 0 Å². The van der Waals surface area contributed by atoms with Gasteiger partial charge >= 0.3 is 0 Å². The Morgan fingerprint density at radius 3 is 2.38 bits per heavy atom. The Balaban J connectivity index is 1.75. The number of hydrogen-bond acceptors (Lipinski definition) is 3. The van der Waals surface area contributed by atoms with E-state index in [0.29, 0.717) is 11.1 Å². The summed E-state index contributed by atoms with van der Waals surface area (Å²) < 4.78 is 41.2. The molecule has 1 aliphatic heterocycles. The maximum absolute atomic E-state index is 13.9. The molecule has 0 aliphatic carbocycles. The van der Waals surface area contributed by atoms with Gasteiger partial charge in [-0.05, 0) is 36.4 Å². The van der Waals surface area contributed by atoms with Crippen molar-refractivity contribution in [2.75, 3.05) is 16.2 Å². The first-order valence-corrected chi connectivity index (χ1v) is 10.6. The molecule has 0 atom stereocenters. The molecule has 9 heteroatoms. The molecule has 4 rings (SSSR count). The zero-order valence-electron chi connectivity index (χ0n) is 14.7. The highest BCUT2D eigenvalue weighted by atomic mass is 35.5. The Kier molecular flexibility index (Phi) is 4.98. The molecule has 0 fully saturated rings. The fourth-order valence-electron chi connectivity index (χ4n) is 3.20. The smallest absolute Gasteiger partial charge is 0.265 e. The molecule has 1 aliphatic rings. The van der Waals surface area contributed by atoms with E-state index in [1.165, 1.54) is 18.2 Å². The van der Waals surface area contributed by atoms with Crippen LogP contribution in [0.4, 0.5) is 15.8 Å². The molecule has 148 valence electrons.